The highest BCUT2D eigenvalue weighted by atomic mass is 16.3. The maximum absolute atomic E-state index is 9.32. The van der Waals surface area contributed by atoms with Crippen LogP contribution in [0.2, 0.25) is 0 Å². The van der Waals surface area contributed by atoms with Gasteiger partial charge in [0.25, 0.3) is 0 Å². The van der Waals surface area contributed by atoms with Crippen molar-refractivity contribution in [1.82, 2.24) is 15.2 Å². The molecule has 5 nitrogen and oxygen atoms in total. The number of fused-ring (bicyclic) bond motifs is 2. The summed E-state index contributed by atoms with van der Waals surface area (Å²) in [5.74, 6) is 0.494. The van der Waals surface area contributed by atoms with Crippen LogP contribution in [0.1, 0.15) is 5.56 Å². The minimum atomic E-state index is 0.494. The van der Waals surface area contributed by atoms with Crippen LogP contribution in [0.5, 0.6) is 0 Å². The Balaban J connectivity index is 1.19. The van der Waals surface area contributed by atoms with Crippen molar-refractivity contribution in [1.29, 1.82) is 5.26 Å². The van der Waals surface area contributed by atoms with Crippen LogP contribution in [0.25, 0.3) is 78.1 Å². The van der Waals surface area contributed by atoms with E-state index < -0.39 is 0 Å². The Labute approximate surface area is 259 Å². The summed E-state index contributed by atoms with van der Waals surface area (Å²) in [6, 6.07) is 51.0. The first-order valence-corrected chi connectivity index (χ1v) is 14.7. The molecule has 0 radical (unpaired) electrons. The van der Waals surface area contributed by atoms with Crippen LogP contribution in [0, 0.1) is 11.3 Å². The second-order valence-corrected chi connectivity index (χ2v) is 10.9. The number of oxazole rings is 1. The van der Waals surface area contributed by atoms with Gasteiger partial charge >= 0.3 is 0 Å². The predicted molar refractivity (Wildman–Crippen MR) is 179 cm³/mol. The molecule has 2 aromatic heterocycles. The number of aromatic nitrogens is 3. The van der Waals surface area contributed by atoms with Gasteiger partial charge in [-0.2, -0.15) is 5.26 Å². The molecular weight excluding hydrogens is 552 g/mol. The molecule has 0 saturated heterocycles. The number of rotatable bonds is 5. The minimum Gasteiger partial charge on any atom is -0.436 e. The van der Waals surface area contributed by atoms with E-state index in [9.17, 15) is 5.26 Å². The third-order valence-electron chi connectivity index (χ3n) is 8.07. The Bertz CT molecular complexity index is 2370. The van der Waals surface area contributed by atoms with E-state index in [4.69, 9.17) is 9.40 Å². The maximum Gasteiger partial charge on any atom is 0.227 e. The molecule has 6 aromatic carbocycles. The lowest BCUT2D eigenvalue weighted by Gasteiger charge is -2.15. The van der Waals surface area contributed by atoms with Crippen molar-refractivity contribution in [3.05, 3.63) is 151 Å². The lowest BCUT2D eigenvalue weighted by atomic mass is 9.89. The fraction of sp³-hybridized carbons (Fsp3) is 0. The van der Waals surface area contributed by atoms with E-state index in [0.717, 1.165) is 55.8 Å². The molecule has 5 heteroatoms. The van der Waals surface area contributed by atoms with Gasteiger partial charge in [-0.05, 0) is 75.5 Å². The second kappa shape index (κ2) is 11.0. The fourth-order valence-electron chi connectivity index (χ4n) is 5.82. The zero-order valence-corrected chi connectivity index (χ0v) is 24.1. The van der Waals surface area contributed by atoms with E-state index in [2.05, 4.69) is 83.0 Å². The molecule has 0 aliphatic carbocycles. The predicted octanol–water partition coefficient (Wildman–Crippen LogP) is 9.98. The van der Waals surface area contributed by atoms with E-state index in [-0.39, 0.29) is 0 Å². The molecule has 8 aromatic rings. The van der Waals surface area contributed by atoms with Crippen molar-refractivity contribution in [3.63, 3.8) is 0 Å². The fourth-order valence-corrected chi connectivity index (χ4v) is 5.82. The van der Waals surface area contributed by atoms with Crippen molar-refractivity contribution >= 4 is 21.9 Å². The lowest BCUT2D eigenvalue weighted by Crippen LogP contribution is -1.91. The number of nitriles is 1. The highest BCUT2D eigenvalue weighted by molar-refractivity contribution is 6.05. The highest BCUT2D eigenvalue weighted by Gasteiger charge is 2.15. The third-order valence-corrected chi connectivity index (χ3v) is 8.07. The molecule has 210 valence electrons. The van der Waals surface area contributed by atoms with E-state index in [1.807, 2.05) is 66.7 Å². The summed E-state index contributed by atoms with van der Waals surface area (Å²) in [5.41, 5.74) is 10.9. The minimum absolute atomic E-state index is 0.494. The van der Waals surface area contributed by atoms with Crippen LogP contribution in [0.3, 0.4) is 0 Å². The topological polar surface area (TPSA) is 75.6 Å². The molecular formula is C40H24N4O. The van der Waals surface area contributed by atoms with E-state index in [1.54, 1.807) is 12.1 Å². The molecule has 2 heterocycles. The Morgan fingerprint density at radius 1 is 0.533 bits per heavy atom. The zero-order chi connectivity index (χ0) is 30.2. The van der Waals surface area contributed by atoms with Gasteiger partial charge in [0, 0.05) is 16.7 Å². The van der Waals surface area contributed by atoms with E-state index in [0.29, 0.717) is 17.0 Å². The summed E-state index contributed by atoms with van der Waals surface area (Å²) in [5, 5.41) is 20.7. The Kier molecular flexibility index (Phi) is 6.44. The summed E-state index contributed by atoms with van der Waals surface area (Å²) in [4.78, 5) is 4.70. The van der Waals surface area contributed by atoms with Crippen LogP contribution in [-0.2, 0) is 0 Å². The van der Waals surface area contributed by atoms with Gasteiger partial charge < -0.3 is 4.42 Å². The molecule has 0 bridgehead atoms. The molecule has 0 saturated carbocycles. The number of hydrogen-bond acceptors (Lipinski definition) is 5. The Morgan fingerprint density at radius 3 is 2.00 bits per heavy atom. The Morgan fingerprint density at radius 2 is 1.22 bits per heavy atom. The van der Waals surface area contributed by atoms with Gasteiger partial charge in [-0.1, -0.05) is 103 Å². The van der Waals surface area contributed by atoms with Gasteiger partial charge in [0.1, 0.15) is 5.52 Å². The second-order valence-electron chi connectivity index (χ2n) is 10.9. The molecule has 0 fully saturated rings. The molecule has 0 aliphatic rings. The van der Waals surface area contributed by atoms with Gasteiger partial charge in [0.15, 0.2) is 5.58 Å². The van der Waals surface area contributed by atoms with Gasteiger partial charge in [-0.3, -0.25) is 0 Å². The lowest BCUT2D eigenvalue weighted by molar-refractivity contribution is 0.620. The summed E-state index contributed by atoms with van der Waals surface area (Å²) in [6.45, 7) is 0. The highest BCUT2D eigenvalue weighted by Crippen LogP contribution is 2.40. The molecule has 0 aliphatic heterocycles. The molecule has 0 N–H and O–H groups in total. The first kappa shape index (κ1) is 26.3. The van der Waals surface area contributed by atoms with Gasteiger partial charge in [0.2, 0.25) is 5.89 Å². The van der Waals surface area contributed by atoms with Crippen molar-refractivity contribution in [2.75, 3.05) is 0 Å². The standard InChI is InChI=1S/C40H24N4O/c41-25-26-7-6-11-32(23-26)40-42-37-20-18-31(24-38(37)45-40)34-19-17-27-8-4-5-12-33(27)39(34)30-15-13-29(14-16-30)36-22-21-35(43-44-36)28-9-2-1-3-10-28/h1-24H. The zero-order valence-electron chi connectivity index (χ0n) is 24.1. The van der Waals surface area contributed by atoms with Crippen molar-refractivity contribution in [2.24, 2.45) is 0 Å². The van der Waals surface area contributed by atoms with Crippen LogP contribution >= 0.6 is 0 Å². The first-order chi connectivity index (χ1) is 22.2. The van der Waals surface area contributed by atoms with Gasteiger partial charge in [-0.15, -0.1) is 10.2 Å². The monoisotopic (exact) mass is 576 g/mol. The van der Waals surface area contributed by atoms with Crippen molar-refractivity contribution in [3.8, 4) is 62.3 Å². The maximum atomic E-state index is 9.32. The average molecular weight is 577 g/mol. The van der Waals surface area contributed by atoms with Crippen LogP contribution < -0.4 is 0 Å². The van der Waals surface area contributed by atoms with Crippen molar-refractivity contribution in [2.45, 2.75) is 0 Å². The molecule has 0 spiro atoms. The third kappa shape index (κ3) is 4.91. The largest absolute Gasteiger partial charge is 0.436 e. The average Bonchev–Trinajstić information content (AvgIpc) is 3.56. The number of benzene rings is 6. The van der Waals surface area contributed by atoms with Gasteiger partial charge in [0.05, 0.1) is 23.0 Å². The van der Waals surface area contributed by atoms with Crippen LogP contribution in [0.4, 0.5) is 0 Å². The Hall–Kier alpha value is -6.38. The first-order valence-electron chi connectivity index (χ1n) is 14.7. The van der Waals surface area contributed by atoms with Crippen LogP contribution in [0.15, 0.2) is 150 Å². The molecule has 0 unspecified atom stereocenters. The smallest absolute Gasteiger partial charge is 0.227 e. The van der Waals surface area contributed by atoms with Gasteiger partial charge in [-0.25, -0.2) is 4.98 Å². The molecule has 45 heavy (non-hydrogen) atoms. The number of hydrogen-bond donors (Lipinski definition) is 0. The van der Waals surface area contributed by atoms with E-state index >= 15 is 0 Å². The summed E-state index contributed by atoms with van der Waals surface area (Å²) in [6.07, 6.45) is 0. The van der Waals surface area contributed by atoms with Crippen LogP contribution in [-0.4, -0.2) is 15.2 Å². The summed E-state index contributed by atoms with van der Waals surface area (Å²) in [7, 11) is 0. The molecule has 8 rings (SSSR count). The normalized spacial score (nSPS) is 11.1. The SMILES string of the molecule is N#Cc1cccc(-c2nc3ccc(-c4ccc5ccccc5c4-c4ccc(-c5ccc(-c6ccccc6)nn5)cc4)cc3o2)c1. The number of nitrogens with zero attached hydrogens (tertiary/aromatic N) is 4. The van der Waals surface area contributed by atoms with E-state index in [1.165, 1.54) is 10.8 Å². The molecule has 0 amide bonds. The molecule has 0 atom stereocenters. The van der Waals surface area contributed by atoms with Crippen molar-refractivity contribution < 1.29 is 4.42 Å². The quantitative estimate of drug-likeness (QED) is 0.204. The summed E-state index contributed by atoms with van der Waals surface area (Å²) < 4.78 is 6.22. The summed E-state index contributed by atoms with van der Waals surface area (Å²) >= 11 is 0.